The van der Waals surface area contributed by atoms with E-state index < -0.39 is 16.7 Å². The van der Waals surface area contributed by atoms with Gasteiger partial charge in [0.15, 0.2) is 0 Å². The van der Waals surface area contributed by atoms with Crippen molar-refractivity contribution in [3.8, 4) is 5.75 Å². The molecule has 4 rings (SSSR count). The Morgan fingerprint density at radius 2 is 1.78 bits per heavy atom. The monoisotopic (exact) mass is 450 g/mol. The molecule has 162 valence electrons. The van der Waals surface area contributed by atoms with Crippen LogP contribution in [0.3, 0.4) is 0 Å². The van der Waals surface area contributed by atoms with Crippen LogP contribution < -0.4 is 4.74 Å². The van der Waals surface area contributed by atoms with E-state index in [1.807, 2.05) is 0 Å². The molecule has 0 bridgehead atoms. The molecule has 9 heteroatoms. The van der Waals surface area contributed by atoms with Crippen LogP contribution in [-0.2, 0) is 21.9 Å². The fourth-order valence-electron chi connectivity index (χ4n) is 3.38. The summed E-state index contributed by atoms with van der Waals surface area (Å²) < 4.78 is 10.7. The third kappa shape index (κ3) is 4.15. The third-order valence-corrected chi connectivity index (χ3v) is 6.05. The van der Waals surface area contributed by atoms with Crippen molar-refractivity contribution in [2.75, 3.05) is 7.11 Å². The van der Waals surface area contributed by atoms with Gasteiger partial charge in [-0.25, -0.2) is 0 Å². The summed E-state index contributed by atoms with van der Waals surface area (Å²) in [5.74, 6) is 0.707. The van der Waals surface area contributed by atoms with Crippen LogP contribution >= 0.6 is 11.8 Å². The number of benzene rings is 2. The number of nitrogens with zero attached hydrogens (tertiary/aromatic N) is 2. The lowest BCUT2D eigenvalue weighted by Gasteiger charge is -2.17. The number of carbonyl (C=O) groups is 2. The average Bonchev–Trinajstić information content (AvgIpc) is 3.40. The van der Waals surface area contributed by atoms with E-state index in [1.54, 1.807) is 36.4 Å². The number of nitro groups is 1. The first kappa shape index (κ1) is 21.4. The van der Waals surface area contributed by atoms with Crippen molar-refractivity contribution in [3.63, 3.8) is 0 Å². The zero-order valence-corrected chi connectivity index (χ0v) is 17.8. The lowest BCUT2D eigenvalue weighted by atomic mass is 10.1. The van der Waals surface area contributed by atoms with E-state index in [9.17, 15) is 19.7 Å². The Kier molecular flexibility index (Phi) is 6.09. The second-order valence-electron chi connectivity index (χ2n) is 6.88. The number of nitro benzene ring substituents is 1. The van der Waals surface area contributed by atoms with Gasteiger partial charge in [0, 0.05) is 17.7 Å². The number of para-hydroxylation sites is 1. The maximum atomic E-state index is 13.3. The second kappa shape index (κ2) is 9.11. The molecule has 2 amide bonds. The van der Waals surface area contributed by atoms with Gasteiger partial charge in [0.05, 0.1) is 41.1 Å². The summed E-state index contributed by atoms with van der Waals surface area (Å²) in [4.78, 5) is 38.6. The summed E-state index contributed by atoms with van der Waals surface area (Å²) >= 11 is 1.20. The molecule has 0 saturated carbocycles. The minimum atomic E-state index is -0.514. The number of hydrogen-bond donors (Lipinski definition) is 0. The molecule has 2 heterocycles. The van der Waals surface area contributed by atoms with Gasteiger partial charge in [-0.2, -0.15) is 0 Å². The zero-order chi connectivity index (χ0) is 22.7. The molecule has 0 saturated heterocycles. The Hall–Kier alpha value is -3.85. The highest BCUT2D eigenvalue weighted by molar-refractivity contribution is 8.03. The average molecular weight is 450 g/mol. The first-order valence-electron chi connectivity index (χ1n) is 9.62. The molecule has 3 aromatic rings. The van der Waals surface area contributed by atoms with Gasteiger partial charge in [0.1, 0.15) is 11.5 Å². The summed E-state index contributed by atoms with van der Waals surface area (Å²) in [5.41, 5.74) is 1.26. The minimum absolute atomic E-state index is 0.0446. The highest BCUT2D eigenvalue weighted by Gasteiger charge is 2.39. The Labute approximate surface area is 187 Å². The highest BCUT2D eigenvalue weighted by atomic mass is 32.2. The molecule has 0 fully saturated rings. The molecule has 8 nitrogen and oxygen atoms in total. The van der Waals surface area contributed by atoms with E-state index in [2.05, 4.69) is 0 Å². The molecule has 2 aromatic carbocycles. The normalized spacial score (nSPS) is 13.7. The number of hydrogen-bond acceptors (Lipinski definition) is 7. The summed E-state index contributed by atoms with van der Waals surface area (Å²) in [6.45, 7) is 0.0446. The number of thioether (sulfide) groups is 1. The molecule has 1 aliphatic heterocycles. The topological polar surface area (TPSA) is 103 Å². The fraction of sp³-hybridized carbons (Fsp3) is 0.130. The van der Waals surface area contributed by atoms with E-state index in [0.29, 0.717) is 28.4 Å². The second-order valence-corrected chi connectivity index (χ2v) is 7.87. The van der Waals surface area contributed by atoms with Crippen molar-refractivity contribution in [3.05, 3.63) is 98.8 Å². The Balaban J connectivity index is 1.69. The molecule has 0 aliphatic carbocycles. The van der Waals surface area contributed by atoms with Gasteiger partial charge in [-0.15, -0.1) is 11.8 Å². The minimum Gasteiger partial charge on any atom is -0.496 e. The number of imide groups is 1. The highest BCUT2D eigenvalue weighted by Crippen LogP contribution is 2.39. The molecular formula is C23H18N2O6S. The van der Waals surface area contributed by atoms with Crippen molar-refractivity contribution in [1.82, 2.24) is 4.90 Å². The lowest BCUT2D eigenvalue weighted by molar-refractivity contribution is -0.384. The van der Waals surface area contributed by atoms with Crippen LogP contribution in [0.2, 0.25) is 0 Å². The number of non-ortho nitro benzene ring substituents is 1. The van der Waals surface area contributed by atoms with Crippen molar-refractivity contribution in [2.45, 2.75) is 12.3 Å². The molecule has 0 radical (unpaired) electrons. The molecular weight excluding hydrogens is 432 g/mol. The predicted molar refractivity (Wildman–Crippen MR) is 119 cm³/mol. The summed E-state index contributed by atoms with van der Waals surface area (Å²) in [7, 11) is 1.53. The molecule has 0 N–H and O–H groups in total. The molecule has 1 aliphatic rings. The molecule has 1 aromatic heterocycles. The largest absolute Gasteiger partial charge is 0.496 e. The smallest absolute Gasteiger partial charge is 0.269 e. The van der Waals surface area contributed by atoms with E-state index in [0.717, 1.165) is 0 Å². The van der Waals surface area contributed by atoms with Gasteiger partial charge in [-0.3, -0.25) is 24.6 Å². The molecule has 0 spiro atoms. The number of furan rings is 1. The number of methoxy groups -OCH3 is 1. The van der Waals surface area contributed by atoms with Crippen LogP contribution in [0.4, 0.5) is 5.69 Å². The van der Waals surface area contributed by atoms with Gasteiger partial charge < -0.3 is 9.15 Å². The summed E-state index contributed by atoms with van der Waals surface area (Å²) in [5, 5.41) is 11.0. The maximum absolute atomic E-state index is 13.3. The quantitative estimate of drug-likeness (QED) is 0.284. The maximum Gasteiger partial charge on any atom is 0.269 e. The van der Waals surface area contributed by atoms with Crippen molar-refractivity contribution in [1.29, 1.82) is 0 Å². The van der Waals surface area contributed by atoms with Gasteiger partial charge >= 0.3 is 0 Å². The summed E-state index contributed by atoms with van der Waals surface area (Å²) in [6, 6.07) is 16.3. The van der Waals surface area contributed by atoms with E-state index >= 15 is 0 Å². The Morgan fingerprint density at radius 1 is 1.03 bits per heavy atom. The van der Waals surface area contributed by atoms with Crippen molar-refractivity contribution >= 4 is 34.8 Å². The predicted octanol–water partition coefficient (Wildman–Crippen LogP) is 4.41. The fourth-order valence-corrected chi connectivity index (χ4v) is 4.41. The van der Waals surface area contributed by atoms with Crippen LogP contribution in [0.25, 0.3) is 5.57 Å². The van der Waals surface area contributed by atoms with Gasteiger partial charge in [-0.05, 0) is 35.9 Å². The number of ether oxygens (including phenoxy) is 1. The van der Waals surface area contributed by atoms with Crippen LogP contribution in [0, 0.1) is 10.1 Å². The molecule has 0 unspecified atom stereocenters. The van der Waals surface area contributed by atoms with Crippen LogP contribution in [0.1, 0.15) is 16.9 Å². The number of rotatable bonds is 8. The van der Waals surface area contributed by atoms with Crippen molar-refractivity contribution < 1.29 is 23.7 Å². The number of amides is 2. The van der Waals surface area contributed by atoms with Gasteiger partial charge in [-0.1, -0.05) is 18.2 Å². The van der Waals surface area contributed by atoms with E-state index in [1.165, 1.54) is 54.3 Å². The lowest BCUT2D eigenvalue weighted by Crippen LogP contribution is -2.31. The van der Waals surface area contributed by atoms with Crippen molar-refractivity contribution in [2.24, 2.45) is 0 Å². The van der Waals surface area contributed by atoms with Crippen LogP contribution in [0.15, 0.2) is 76.2 Å². The number of carbonyl (C=O) groups excluding carboxylic acids is 2. The van der Waals surface area contributed by atoms with Gasteiger partial charge in [0.25, 0.3) is 17.5 Å². The molecule has 32 heavy (non-hydrogen) atoms. The van der Waals surface area contributed by atoms with E-state index in [-0.39, 0.29) is 22.7 Å². The SMILES string of the molecule is COc1ccccc1CN1C(=O)C(SCc2ccco2)=C(c2ccc([N+](=O)[O-])cc2)C1=O. The van der Waals surface area contributed by atoms with Crippen LogP contribution in [0.5, 0.6) is 5.75 Å². The first-order chi connectivity index (χ1) is 15.5. The molecule has 0 atom stereocenters. The summed E-state index contributed by atoms with van der Waals surface area (Å²) in [6.07, 6.45) is 1.54. The zero-order valence-electron chi connectivity index (χ0n) is 17.0. The Bertz CT molecular complexity index is 1200. The first-order valence-corrected chi connectivity index (χ1v) is 10.6. The standard InChI is InChI=1S/C23H18N2O6S/c1-30-19-7-3-2-5-16(19)13-24-22(26)20(15-8-10-17(11-9-15)25(28)29)21(23(24)27)32-14-18-6-4-12-31-18/h2-12H,13-14H2,1H3. The van der Waals surface area contributed by atoms with E-state index in [4.69, 9.17) is 9.15 Å². The third-order valence-electron chi connectivity index (χ3n) is 4.95. The van der Waals surface area contributed by atoms with Gasteiger partial charge in [0.2, 0.25) is 0 Å². The van der Waals surface area contributed by atoms with Crippen LogP contribution in [-0.4, -0.2) is 28.7 Å². The Morgan fingerprint density at radius 3 is 2.44 bits per heavy atom.